The summed E-state index contributed by atoms with van der Waals surface area (Å²) in [5.74, 6) is 0.571. The minimum absolute atomic E-state index is 0.357. The van der Waals surface area contributed by atoms with E-state index in [1.54, 1.807) is 50.1 Å². The van der Waals surface area contributed by atoms with Crippen molar-refractivity contribution < 1.29 is 22.9 Å². The third-order valence-corrected chi connectivity index (χ3v) is 16.2. The predicted octanol–water partition coefficient (Wildman–Crippen LogP) is 8.58. The molecule has 0 nitrogen and oxygen atoms in total. The van der Waals surface area contributed by atoms with Gasteiger partial charge in [0.1, 0.15) is 0 Å². The average molecular weight is 587 g/mol. The van der Waals surface area contributed by atoms with Crippen LogP contribution in [0.2, 0.25) is 3.17 Å². The maximum absolute atomic E-state index is 2.58. The van der Waals surface area contributed by atoms with Crippen LogP contribution in [0.5, 0.6) is 0 Å². The fraction of sp³-hybridized carbons (Fsp3) is 0.419. The number of hydrogen-bond acceptors (Lipinski definition) is 0. The topological polar surface area (TPSA) is 0 Å². The van der Waals surface area contributed by atoms with Gasteiger partial charge in [0.2, 0.25) is 0 Å². The fourth-order valence-electron chi connectivity index (χ4n) is 6.32. The van der Waals surface area contributed by atoms with Crippen molar-refractivity contribution in [3.05, 3.63) is 95.9 Å². The molecule has 0 radical (unpaired) electrons. The van der Waals surface area contributed by atoms with Crippen molar-refractivity contribution in [2.75, 3.05) is 0 Å². The first-order chi connectivity index (χ1) is 15.3. The summed E-state index contributed by atoms with van der Waals surface area (Å²) in [4.78, 5) is 0. The first-order valence-corrected chi connectivity index (χ1v) is 16.0. The maximum atomic E-state index is 2.58. The van der Waals surface area contributed by atoms with Gasteiger partial charge in [0.05, 0.1) is 0 Å². The second kappa shape index (κ2) is 8.39. The Hall–Kier alpha value is -1.47. The Morgan fingerprint density at radius 3 is 2.22 bits per heavy atom. The van der Waals surface area contributed by atoms with Crippen LogP contribution in [-0.2, 0) is 42.2 Å². The van der Waals surface area contributed by atoms with Crippen LogP contribution in [0.4, 0.5) is 0 Å². The first kappa shape index (κ1) is 22.3. The molecule has 164 valence electrons. The van der Waals surface area contributed by atoms with Crippen molar-refractivity contribution in [1.82, 2.24) is 0 Å². The van der Waals surface area contributed by atoms with E-state index in [1.165, 1.54) is 37.7 Å². The van der Waals surface area contributed by atoms with Crippen LogP contribution >= 0.6 is 0 Å². The SMILES string of the molecule is CC1=C(C)[C](C)([Hf][C]2=C(CC(C)c3ccccc3)c3c(ccc4c3CCC4)C2)C(C)=C1C. The Labute approximate surface area is 206 Å². The van der Waals surface area contributed by atoms with E-state index in [0.717, 1.165) is 0 Å². The molecule has 0 saturated heterocycles. The molecule has 0 heterocycles. The van der Waals surface area contributed by atoms with E-state index in [-0.39, 0.29) is 0 Å². The third kappa shape index (κ3) is 3.51. The molecule has 5 rings (SSSR count). The Bertz CT molecular complexity index is 1150. The summed E-state index contributed by atoms with van der Waals surface area (Å²) in [5, 5.41) is 0. The van der Waals surface area contributed by atoms with Gasteiger partial charge in [-0.15, -0.1) is 0 Å². The molecule has 0 fully saturated rings. The molecule has 32 heavy (non-hydrogen) atoms. The van der Waals surface area contributed by atoms with Crippen LogP contribution in [0.3, 0.4) is 0 Å². The van der Waals surface area contributed by atoms with Crippen LogP contribution in [0, 0.1) is 0 Å². The van der Waals surface area contributed by atoms with Crippen molar-refractivity contribution in [2.24, 2.45) is 0 Å². The van der Waals surface area contributed by atoms with E-state index in [0.29, 0.717) is 9.09 Å². The monoisotopic (exact) mass is 588 g/mol. The quantitative estimate of drug-likeness (QED) is 0.308. The molecular formula is C31H36Hf. The van der Waals surface area contributed by atoms with Gasteiger partial charge in [-0.1, -0.05) is 0 Å². The van der Waals surface area contributed by atoms with Crippen molar-refractivity contribution in [3.63, 3.8) is 0 Å². The summed E-state index contributed by atoms with van der Waals surface area (Å²) >= 11 is -1.13. The molecule has 3 aliphatic carbocycles. The number of fused-ring (bicyclic) bond motifs is 3. The Morgan fingerprint density at radius 2 is 1.53 bits per heavy atom. The van der Waals surface area contributed by atoms with Gasteiger partial charge in [-0.05, 0) is 0 Å². The molecule has 0 bridgehead atoms. The van der Waals surface area contributed by atoms with Gasteiger partial charge in [-0.2, -0.15) is 0 Å². The predicted molar refractivity (Wildman–Crippen MR) is 134 cm³/mol. The summed E-state index contributed by atoms with van der Waals surface area (Å²) in [6.45, 7) is 14.6. The second-order valence-corrected chi connectivity index (χ2v) is 17.1. The minimum atomic E-state index is -1.13. The van der Waals surface area contributed by atoms with Gasteiger partial charge in [0.15, 0.2) is 0 Å². The Kier molecular flexibility index (Phi) is 5.85. The summed E-state index contributed by atoms with van der Waals surface area (Å²) < 4.78 is 2.25. The zero-order valence-corrected chi connectivity index (χ0v) is 24.2. The van der Waals surface area contributed by atoms with Crippen LogP contribution in [0.25, 0.3) is 5.57 Å². The van der Waals surface area contributed by atoms with E-state index < -0.39 is 22.9 Å². The third-order valence-electron chi connectivity index (χ3n) is 8.87. The Balaban J connectivity index is 1.59. The molecule has 0 aromatic heterocycles. The van der Waals surface area contributed by atoms with Gasteiger partial charge in [-0.25, -0.2) is 0 Å². The number of allylic oxidation sites excluding steroid dienone is 6. The molecule has 0 aliphatic heterocycles. The molecule has 0 saturated carbocycles. The molecule has 0 spiro atoms. The van der Waals surface area contributed by atoms with Crippen LogP contribution < -0.4 is 0 Å². The molecular weight excluding hydrogens is 551 g/mol. The summed E-state index contributed by atoms with van der Waals surface area (Å²) in [6, 6.07) is 16.1. The zero-order chi connectivity index (χ0) is 22.6. The van der Waals surface area contributed by atoms with Crippen LogP contribution in [-0.4, -0.2) is 0 Å². The molecule has 2 aromatic rings. The standard InChI is InChI=1S/C21H21.C10H15.Hf/c1-15(16-6-3-2-4-7-16)14-19-13-12-18-11-10-17-8-5-9-20(17)21(18)19;1-6-7(2)9(4)10(5)8(6)3;/h2-4,6-7,10-11,15H,5,8-9,12,14H2,1H3;1-5H3;. The van der Waals surface area contributed by atoms with E-state index in [2.05, 4.69) is 84.0 Å². The van der Waals surface area contributed by atoms with E-state index in [1.807, 2.05) is 3.33 Å². The van der Waals surface area contributed by atoms with Gasteiger partial charge >= 0.3 is 207 Å². The van der Waals surface area contributed by atoms with Crippen molar-refractivity contribution in [2.45, 2.75) is 82.7 Å². The van der Waals surface area contributed by atoms with E-state index in [4.69, 9.17) is 0 Å². The van der Waals surface area contributed by atoms with Crippen LogP contribution in [0.15, 0.2) is 68.1 Å². The number of benzene rings is 2. The van der Waals surface area contributed by atoms with Gasteiger partial charge < -0.3 is 0 Å². The molecule has 1 atom stereocenters. The van der Waals surface area contributed by atoms with Crippen LogP contribution in [0.1, 0.15) is 88.1 Å². The van der Waals surface area contributed by atoms with E-state index in [9.17, 15) is 0 Å². The molecule has 1 heteroatoms. The Morgan fingerprint density at radius 1 is 0.875 bits per heavy atom. The molecule has 1 unspecified atom stereocenters. The number of aryl methyl sites for hydroxylation is 1. The first-order valence-electron chi connectivity index (χ1n) is 12.4. The summed E-state index contributed by atoms with van der Waals surface area (Å²) in [7, 11) is 0. The van der Waals surface area contributed by atoms with Gasteiger partial charge in [-0.3, -0.25) is 0 Å². The van der Waals surface area contributed by atoms with Gasteiger partial charge in [0, 0.05) is 0 Å². The van der Waals surface area contributed by atoms with E-state index >= 15 is 0 Å². The zero-order valence-electron chi connectivity index (χ0n) is 20.7. The average Bonchev–Trinajstić information content (AvgIpc) is 3.44. The summed E-state index contributed by atoms with van der Waals surface area (Å²) in [5.41, 5.74) is 16.4. The van der Waals surface area contributed by atoms with Crippen molar-refractivity contribution >= 4 is 5.57 Å². The van der Waals surface area contributed by atoms with Gasteiger partial charge in [0.25, 0.3) is 0 Å². The second-order valence-electron chi connectivity index (χ2n) is 10.5. The number of hydrogen-bond donors (Lipinski definition) is 0. The normalized spacial score (nSPS) is 20.2. The number of rotatable bonds is 5. The molecule has 0 N–H and O–H groups in total. The fourth-order valence-corrected chi connectivity index (χ4v) is 13.5. The van der Waals surface area contributed by atoms with Crippen molar-refractivity contribution in [3.8, 4) is 0 Å². The summed E-state index contributed by atoms with van der Waals surface area (Å²) in [6.07, 6.45) is 6.34. The molecule has 0 amide bonds. The molecule has 3 aliphatic rings. The van der Waals surface area contributed by atoms with Crippen molar-refractivity contribution in [1.29, 1.82) is 0 Å². The molecule has 2 aromatic carbocycles.